The van der Waals surface area contributed by atoms with E-state index in [-0.39, 0.29) is 5.92 Å². The number of alkyl halides is 1. The summed E-state index contributed by atoms with van der Waals surface area (Å²) in [5, 5.41) is 14.4. The Labute approximate surface area is 168 Å². The zero-order valence-corrected chi connectivity index (χ0v) is 17.2. The molecule has 0 saturated heterocycles. The molecule has 29 heavy (non-hydrogen) atoms. The number of carbonyl (C=O) groups excluding carboxylic acids is 1. The fourth-order valence-electron chi connectivity index (χ4n) is 3.07. The molecule has 8 nitrogen and oxygen atoms in total. The van der Waals surface area contributed by atoms with Crippen LogP contribution in [0.3, 0.4) is 0 Å². The number of nitrogens with zero attached hydrogens (tertiary/aromatic N) is 4. The second kappa shape index (κ2) is 9.02. The Morgan fingerprint density at radius 3 is 2.72 bits per heavy atom. The number of halogens is 1. The number of carbonyl (C=O) groups is 1. The van der Waals surface area contributed by atoms with Crippen molar-refractivity contribution in [2.75, 3.05) is 25.5 Å². The van der Waals surface area contributed by atoms with E-state index < -0.39 is 12.1 Å². The van der Waals surface area contributed by atoms with Crippen molar-refractivity contribution < 1.29 is 13.9 Å². The molecular formula is C20H27FN6O2. The Hall–Kier alpha value is -2.97. The predicted octanol–water partition coefficient (Wildman–Crippen LogP) is 2.90. The topological polar surface area (TPSA) is 93.4 Å². The highest BCUT2D eigenvalue weighted by Gasteiger charge is 2.20. The van der Waals surface area contributed by atoms with E-state index >= 15 is 0 Å². The van der Waals surface area contributed by atoms with Gasteiger partial charge in [-0.2, -0.15) is 0 Å². The van der Waals surface area contributed by atoms with Crippen LogP contribution in [-0.4, -0.2) is 51.9 Å². The van der Waals surface area contributed by atoms with Gasteiger partial charge < -0.3 is 15.4 Å². The van der Waals surface area contributed by atoms with Crippen molar-refractivity contribution >= 4 is 28.4 Å². The molecule has 0 fully saturated rings. The minimum absolute atomic E-state index is 0.316. The van der Waals surface area contributed by atoms with Crippen LogP contribution in [-0.2, 0) is 4.79 Å². The normalized spacial score (nSPS) is 12.5. The molecule has 3 aromatic rings. The van der Waals surface area contributed by atoms with Gasteiger partial charge in [-0.1, -0.05) is 13.8 Å². The largest absolute Gasteiger partial charge is 0.497 e. The number of anilines is 1. The maximum Gasteiger partial charge on any atom is 0.254 e. The minimum Gasteiger partial charge on any atom is -0.497 e. The summed E-state index contributed by atoms with van der Waals surface area (Å²) in [6.45, 7) is 6.35. The first-order valence-corrected chi connectivity index (χ1v) is 9.77. The molecule has 0 spiro atoms. The summed E-state index contributed by atoms with van der Waals surface area (Å²) >= 11 is 0. The van der Waals surface area contributed by atoms with Crippen LogP contribution in [0.2, 0.25) is 0 Å². The Morgan fingerprint density at radius 1 is 1.24 bits per heavy atom. The van der Waals surface area contributed by atoms with Crippen molar-refractivity contribution in [2.45, 2.75) is 39.8 Å². The van der Waals surface area contributed by atoms with Gasteiger partial charge in [0.1, 0.15) is 11.6 Å². The van der Waals surface area contributed by atoms with E-state index in [1.165, 1.54) is 0 Å². The van der Waals surface area contributed by atoms with Gasteiger partial charge in [0.05, 0.1) is 18.1 Å². The number of aromatic nitrogens is 4. The summed E-state index contributed by atoms with van der Waals surface area (Å²) in [7, 11) is 1.62. The number of ether oxygens (including phenoxy) is 1. The van der Waals surface area contributed by atoms with Crippen molar-refractivity contribution in [2.24, 2.45) is 5.92 Å². The van der Waals surface area contributed by atoms with Crippen LogP contribution in [0.25, 0.3) is 16.7 Å². The third-order valence-corrected chi connectivity index (χ3v) is 4.72. The number of fused-ring (bicyclic) bond motifs is 3. The van der Waals surface area contributed by atoms with Crippen LogP contribution in [0.15, 0.2) is 18.2 Å². The Morgan fingerprint density at radius 2 is 2.00 bits per heavy atom. The van der Waals surface area contributed by atoms with Gasteiger partial charge in [0, 0.05) is 19.2 Å². The number of hydrogen-bond acceptors (Lipinski definition) is 6. The molecule has 1 atom stereocenters. The first kappa shape index (κ1) is 20.8. The van der Waals surface area contributed by atoms with Crippen molar-refractivity contribution in [1.29, 1.82) is 0 Å². The standard InChI is InChI=1S/C20H27FN6O2/c1-12(2)17(21)20(28)23-10-6-5-9-22-18-19-26-25-13(3)27(19)16-8-7-14(29-4)11-15(16)24-18/h7-8,11-12,17H,5-6,9-10H2,1-4H3,(H,22,24)(H,23,28)/t17-/m0/s1. The maximum absolute atomic E-state index is 13.6. The number of unbranched alkanes of at least 4 members (excludes halogenated alkanes) is 1. The first-order valence-electron chi connectivity index (χ1n) is 9.77. The summed E-state index contributed by atoms with van der Waals surface area (Å²) in [5.74, 6) is 1.28. The molecular weight excluding hydrogens is 375 g/mol. The van der Waals surface area contributed by atoms with Gasteiger partial charge in [-0.25, -0.2) is 9.37 Å². The first-order chi connectivity index (χ1) is 13.9. The molecule has 0 unspecified atom stereocenters. The lowest BCUT2D eigenvalue weighted by Gasteiger charge is -2.12. The number of methoxy groups -OCH3 is 1. The van der Waals surface area contributed by atoms with Gasteiger partial charge in [0.15, 0.2) is 12.0 Å². The summed E-state index contributed by atoms with van der Waals surface area (Å²) in [4.78, 5) is 16.3. The number of nitrogens with one attached hydrogen (secondary N) is 2. The molecule has 0 saturated carbocycles. The quantitative estimate of drug-likeness (QED) is 0.535. The molecule has 1 aromatic carbocycles. The van der Waals surface area contributed by atoms with Gasteiger partial charge in [-0.3, -0.25) is 9.20 Å². The maximum atomic E-state index is 13.6. The number of amides is 1. The number of benzene rings is 1. The monoisotopic (exact) mass is 402 g/mol. The average Bonchev–Trinajstić information content (AvgIpc) is 3.11. The molecule has 2 N–H and O–H groups in total. The lowest BCUT2D eigenvalue weighted by Crippen LogP contribution is -2.35. The van der Waals surface area contributed by atoms with Crippen molar-refractivity contribution in [1.82, 2.24) is 24.9 Å². The van der Waals surface area contributed by atoms with Gasteiger partial charge >= 0.3 is 0 Å². The summed E-state index contributed by atoms with van der Waals surface area (Å²) in [6, 6.07) is 5.69. The highest BCUT2D eigenvalue weighted by Crippen LogP contribution is 2.25. The van der Waals surface area contributed by atoms with E-state index in [4.69, 9.17) is 4.74 Å². The SMILES string of the molecule is COc1ccc2c(c1)nc(NCCCCNC(=O)[C@@H](F)C(C)C)c1nnc(C)n12. The Bertz CT molecular complexity index is 1000. The molecule has 0 radical (unpaired) electrons. The molecule has 2 aromatic heterocycles. The van der Waals surface area contributed by atoms with Crippen LogP contribution in [0.4, 0.5) is 10.2 Å². The zero-order valence-electron chi connectivity index (χ0n) is 17.2. The molecule has 0 aliphatic rings. The minimum atomic E-state index is -1.46. The van der Waals surface area contributed by atoms with Gasteiger partial charge in [-0.05, 0) is 37.8 Å². The van der Waals surface area contributed by atoms with Crippen LogP contribution >= 0.6 is 0 Å². The predicted molar refractivity (Wildman–Crippen MR) is 110 cm³/mol. The van der Waals surface area contributed by atoms with E-state index in [9.17, 15) is 9.18 Å². The third-order valence-electron chi connectivity index (χ3n) is 4.72. The lowest BCUT2D eigenvalue weighted by molar-refractivity contribution is -0.127. The zero-order chi connectivity index (χ0) is 21.0. The van der Waals surface area contributed by atoms with E-state index in [2.05, 4.69) is 25.8 Å². The van der Waals surface area contributed by atoms with E-state index in [0.717, 1.165) is 35.4 Å². The highest BCUT2D eigenvalue weighted by molar-refractivity contribution is 5.84. The van der Waals surface area contributed by atoms with E-state index in [1.54, 1.807) is 21.0 Å². The van der Waals surface area contributed by atoms with Gasteiger partial charge in [0.2, 0.25) is 5.65 Å². The number of aryl methyl sites for hydroxylation is 1. The molecule has 1 amide bonds. The van der Waals surface area contributed by atoms with Crippen molar-refractivity contribution in [3.8, 4) is 5.75 Å². The number of rotatable bonds is 9. The second-order valence-corrected chi connectivity index (χ2v) is 7.29. The third kappa shape index (κ3) is 4.55. The van der Waals surface area contributed by atoms with E-state index in [0.29, 0.717) is 24.6 Å². The summed E-state index contributed by atoms with van der Waals surface area (Å²) in [6.07, 6.45) is 0.0552. The summed E-state index contributed by atoms with van der Waals surface area (Å²) in [5.41, 5.74) is 2.34. The molecule has 3 rings (SSSR count). The molecule has 0 aliphatic carbocycles. The lowest BCUT2D eigenvalue weighted by atomic mass is 10.1. The Kier molecular flexibility index (Phi) is 6.46. The van der Waals surface area contributed by atoms with Crippen LogP contribution < -0.4 is 15.4 Å². The Balaban J connectivity index is 1.63. The molecule has 156 valence electrons. The fourth-order valence-corrected chi connectivity index (χ4v) is 3.07. The smallest absolute Gasteiger partial charge is 0.254 e. The van der Waals surface area contributed by atoms with Crippen molar-refractivity contribution in [3.05, 3.63) is 24.0 Å². The van der Waals surface area contributed by atoms with Crippen LogP contribution in [0, 0.1) is 12.8 Å². The summed E-state index contributed by atoms with van der Waals surface area (Å²) < 4.78 is 20.8. The fraction of sp³-hybridized carbons (Fsp3) is 0.500. The highest BCUT2D eigenvalue weighted by atomic mass is 19.1. The molecule has 0 bridgehead atoms. The second-order valence-electron chi connectivity index (χ2n) is 7.29. The van der Waals surface area contributed by atoms with Gasteiger partial charge in [-0.15, -0.1) is 10.2 Å². The van der Waals surface area contributed by atoms with E-state index in [1.807, 2.05) is 29.5 Å². The van der Waals surface area contributed by atoms with Gasteiger partial charge in [0.25, 0.3) is 5.91 Å². The van der Waals surface area contributed by atoms with Crippen molar-refractivity contribution in [3.63, 3.8) is 0 Å². The molecule has 2 heterocycles. The van der Waals surface area contributed by atoms with Crippen LogP contribution in [0.1, 0.15) is 32.5 Å². The average molecular weight is 402 g/mol. The molecule has 0 aliphatic heterocycles. The van der Waals surface area contributed by atoms with Crippen LogP contribution in [0.5, 0.6) is 5.75 Å². The number of hydrogen-bond donors (Lipinski definition) is 2. The molecule has 9 heteroatoms.